The number of pyridine rings is 1. The molecule has 2 fully saturated rings. The summed E-state index contributed by atoms with van der Waals surface area (Å²) in [7, 11) is 0. The van der Waals surface area contributed by atoms with E-state index in [1.54, 1.807) is 0 Å². The zero-order chi connectivity index (χ0) is 21.9. The fraction of sp³-hybridized carbons (Fsp3) is 0.500. The van der Waals surface area contributed by atoms with E-state index in [1.165, 1.54) is 6.20 Å². The molecule has 3 aromatic heterocycles. The van der Waals surface area contributed by atoms with Gasteiger partial charge < -0.3 is 10.3 Å². The van der Waals surface area contributed by atoms with Crippen molar-refractivity contribution in [2.24, 2.45) is 11.8 Å². The Bertz CT molecular complexity index is 1080. The number of aromatic nitrogens is 5. The van der Waals surface area contributed by atoms with Crippen molar-refractivity contribution in [2.45, 2.75) is 57.3 Å². The summed E-state index contributed by atoms with van der Waals surface area (Å²) in [5.41, 5.74) is 6.53. The van der Waals surface area contributed by atoms with Gasteiger partial charge in [0.05, 0.1) is 17.6 Å². The third kappa shape index (κ3) is 3.40. The van der Waals surface area contributed by atoms with E-state index in [9.17, 15) is 13.2 Å². The standard InChI is InChI=1S/C22H25F3N6/c1-3-12(2)31-19(20-15-7-14(8-16(15)20)30-5-4-27-11-30)9-18(29-31)13-6-17(22(23,24)25)21(26)28-10-13/h4-6,9-12,14-16,20H,3,7-8H2,1-2H3,(H2,26,28). The van der Waals surface area contributed by atoms with Crippen LogP contribution in [0.3, 0.4) is 0 Å². The Kier molecular flexibility index (Phi) is 4.60. The van der Waals surface area contributed by atoms with E-state index in [0.717, 1.165) is 31.0 Å². The van der Waals surface area contributed by atoms with Gasteiger partial charge in [-0.2, -0.15) is 18.3 Å². The van der Waals surface area contributed by atoms with Crippen LogP contribution in [-0.4, -0.2) is 24.3 Å². The summed E-state index contributed by atoms with van der Waals surface area (Å²) in [6.07, 6.45) is 5.59. The number of halogens is 3. The molecule has 5 rings (SSSR count). The highest BCUT2D eigenvalue weighted by molar-refractivity contribution is 5.63. The molecule has 0 spiro atoms. The summed E-state index contributed by atoms with van der Waals surface area (Å²) in [5.74, 6) is 1.05. The van der Waals surface area contributed by atoms with Crippen molar-refractivity contribution in [3.63, 3.8) is 0 Å². The quantitative estimate of drug-likeness (QED) is 0.613. The molecular weight excluding hydrogens is 405 g/mol. The fourth-order valence-corrected chi connectivity index (χ4v) is 5.15. The number of nitrogens with two attached hydrogens (primary N) is 1. The second-order valence-electron chi connectivity index (χ2n) is 8.80. The molecule has 3 heterocycles. The monoisotopic (exact) mass is 430 g/mol. The van der Waals surface area contributed by atoms with Crippen LogP contribution in [-0.2, 0) is 6.18 Å². The lowest BCUT2D eigenvalue weighted by atomic mass is 10.0. The predicted molar refractivity (Wildman–Crippen MR) is 110 cm³/mol. The van der Waals surface area contributed by atoms with Crippen molar-refractivity contribution in [3.8, 4) is 11.3 Å². The van der Waals surface area contributed by atoms with Crippen molar-refractivity contribution in [1.82, 2.24) is 24.3 Å². The smallest absolute Gasteiger partial charge is 0.383 e. The van der Waals surface area contributed by atoms with Crippen molar-refractivity contribution < 1.29 is 13.2 Å². The topological polar surface area (TPSA) is 74.6 Å². The van der Waals surface area contributed by atoms with Gasteiger partial charge in [0, 0.05) is 47.8 Å². The van der Waals surface area contributed by atoms with Gasteiger partial charge in [0.15, 0.2) is 0 Å². The number of alkyl halides is 3. The molecule has 0 aromatic carbocycles. The molecule has 0 aliphatic heterocycles. The minimum Gasteiger partial charge on any atom is -0.383 e. The lowest BCUT2D eigenvalue weighted by Gasteiger charge is -2.18. The normalized spacial score (nSPS) is 26.1. The van der Waals surface area contributed by atoms with Crippen LogP contribution in [0.25, 0.3) is 11.3 Å². The molecule has 164 valence electrons. The molecule has 3 aromatic rings. The third-order valence-electron chi connectivity index (χ3n) is 7.00. The molecule has 0 radical (unpaired) electrons. The first-order valence-electron chi connectivity index (χ1n) is 10.7. The highest BCUT2D eigenvalue weighted by atomic mass is 19.4. The first-order valence-corrected chi connectivity index (χ1v) is 10.7. The molecule has 0 saturated heterocycles. The van der Waals surface area contributed by atoms with Crippen molar-refractivity contribution in [3.05, 3.63) is 48.3 Å². The SMILES string of the molecule is CCC(C)n1nc(-c2cnc(N)c(C(F)(F)F)c2)cc1C1C2CC(n3ccnc3)CC21. The molecule has 2 aliphatic rings. The van der Waals surface area contributed by atoms with E-state index in [0.29, 0.717) is 35.1 Å². The van der Waals surface area contributed by atoms with Gasteiger partial charge >= 0.3 is 6.18 Å². The molecule has 2 aliphatic carbocycles. The lowest BCUT2D eigenvalue weighted by molar-refractivity contribution is -0.137. The average Bonchev–Trinajstić information content (AvgIpc) is 3.25. The molecule has 9 heteroatoms. The summed E-state index contributed by atoms with van der Waals surface area (Å²) in [5, 5.41) is 4.71. The molecule has 0 bridgehead atoms. The van der Waals surface area contributed by atoms with Gasteiger partial charge in [-0.15, -0.1) is 0 Å². The molecule has 2 saturated carbocycles. The number of hydrogen-bond donors (Lipinski definition) is 1. The molecule has 2 N–H and O–H groups in total. The fourth-order valence-electron chi connectivity index (χ4n) is 5.15. The van der Waals surface area contributed by atoms with Gasteiger partial charge in [-0.25, -0.2) is 9.97 Å². The molecule has 31 heavy (non-hydrogen) atoms. The Morgan fingerprint density at radius 3 is 2.58 bits per heavy atom. The van der Waals surface area contributed by atoms with Gasteiger partial charge in [0.1, 0.15) is 5.82 Å². The third-order valence-corrected chi connectivity index (χ3v) is 7.00. The summed E-state index contributed by atoms with van der Waals surface area (Å²) >= 11 is 0. The summed E-state index contributed by atoms with van der Waals surface area (Å²) < 4.78 is 44.1. The van der Waals surface area contributed by atoms with Crippen LogP contribution < -0.4 is 5.73 Å². The molecule has 6 nitrogen and oxygen atoms in total. The van der Waals surface area contributed by atoms with Crippen LogP contribution in [0.1, 0.15) is 62.4 Å². The highest BCUT2D eigenvalue weighted by Crippen LogP contribution is 2.66. The van der Waals surface area contributed by atoms with Crippen molar-refractivity contribution in [2.75, 3.05) is 5.73 Å². The summed E-state index contributed by atoms with van der Waals surface area (Å²) in [4.78, 5) is 7.94. The Morgan fingerprint density at radius 2 is 1.97 bits per heavy atom. The van der Waals surface area contributed by atoms with E-state index in [1.807, 2.05) is 29.5 Å². The molecular formula is C22H25F3N6. The largest absolute Gasteiger partial charge is 0.419 e. The minimum absolute atomic E-state index is 0.165. The Hall–Kier alpha value is -2.84. The van der Waals surface area contributed by atoms with Gasteiger partial charge in [0.2, 0.25) is 0 Å². The maximum Gasteiger partial charge on any atom is 0.419 e. The summed E-state index contributed by atoms with van der Waals surface area (Å²) in [6, 6.07) is 3.65. The van der Waals surface area contributed by atoms with Crippen LogP contribution in [0, 0.1) is 11.8 Å². The number of hydrogen-bond acceptors (Lipinski definition) is 4. The summed E-state index contributed by atoms with van der Waals surface area (Å²) in [6.45, 7) is 4.18. The Morgan fingerprint density at radius 1 is 1.23 bits per heavy atom. The van der Waals surface area contributed by atoms with Crippen LogP contribution in [0.5, 0.6) is 0 Å². The van der Waals surface area contributed by atoms with Crippen LogP contribution in [0.15, 0.2) is 37.1 Å². The first kappa shape index (κ1) is 20.1. The van der Waals surface area contributed by atoms with Gasteiger partial charge in [-0.1, -0.05) is 6.92 Å². The van der Waals surface area contributed by atoms with Gasteiger partial charge in [0.25, 0.3) is 0 Å². The van der Waals surface area contributed by atoms with E-state index in [-0.39, 0.29) is 6.04 Å². The van der Waals surface area contributed by atoms with Crippen LogP contribution in [0.4, 0.5) is 19.0 Å². The van der Waals surface area contributed by atoms with E-state index < -0.39 is 17.6 Å². The number of anilines is 1. The van der Waals surface area contributed by atoms with Crippen LogP contribution in [0.2, 0.25) is 0 Å². The zero-order valence-electron chi connectivity index (χ0n) is 17.4. The Labute approximate surface area is 178 Å². The van der Waals surface area contributed by atoms with Crippen LogP contribution >= 0.6 is 0 Å². The Balaban J connectivity index is 1.45. The number of nitrogen functional groups attached to an aromatic ring is 1. The second kappa shape index (κ2) is 7.10. The highest BCUT2D eigenvalue weighted by Gasteiger charge is 2.58. The number of rotatable bonds is 5. The zero-order valence-corrected chi connectivity index (χ0v) is 17.4. The minimum atomic E-state index is -4.55. The number of imidazole rings is 1. The van der Waals surface area contributed by atoms with E-state index in [4.69, 9.17) is 10.8 Å². The van der Waals surface area contributed by atoms with E-state index >= 15 is 0 Å². The van der Waals surface area contributed by atoms with Crippen molar-refractivity contribution in [1.29, 1.82) is 0 Å². The second-order valence-corrected chi connectivity index (χ2v) is 8.80. The number of nitrogens with zero attached hydrogens (tertiary/aromatic N) is 5. The average molecular weight is 430 g/mol. The molecule has 3 atom stereocenters. The maximum absolute atomic E-state index is 13.3. The number of fused-ring (bicyclic) bond motifs is 1. The first-order chi connectivity index (χ1) is 14.8. The van der Waals surface area contributed by atoms with E-state index in [2.05, 4.69) is 28.4 Å². The maximum atomic E-state index is 13.3. The molecule has 0 amide bonds. The van der Waals surface area contributed by atoms with Gasteiger partial charge in [-0.05, 0) is 50.2 Å². The van der Waals surface area contributed by atoms with Gasteiger partial charge in [-0.3, -0.25) is 4.68 Å². The van der Waals surface area contributed by atoms with Crippen molar-refractivity contribution >= 4 is 5.82 Å². The molecule has 3 unspecified atom stereocenters. The lowest BCUT2D eigenvalue weighted by Crippen LogP contribution is -2.12. The predicted octanol–water partition coefficient (Wildman–Crippen LogP) is 5.08.